The maximum atomic E-state index is 13.2. The Kier molecular flexibility index (Phi) is 5.08. The zero-order valence-corrected chi connectivity index (χ0v) is 16.4. The van der Waals surface area contributed by atoms with Crippen LogP contribution in [0.25, 0.3) is 11.1 Å². The van der Waals surface area contributed by atoms with Crippen LogP contribution in [0.4, 0.5) is 10.6 Å². The maximum absolute atomic E-state index is 13.2. The molecule has 1 aliphatic heterocycles. The SMILES string of the molecule is CC(C)C1C(=O)N(c2ccc(-c3ccccc3)cn2)C(=O)N1Cc1ccncc1. The van der Waals surface area contributed by atoms with E-state index in [4.69, 9.17) is 0 Å². The van der Waals surface area contributed by atoms with Crippen molar-refractivity contribution in [3.05, 3.63) is 78.8 Å². The highest BCUT2D eigenvalue weighted by Crippen LogP contribution is 2.30. The van der Waals surface area contributed by atoms with E-state index in [1.165, 1.54) is 4.90 Å². The van der Waals surface area contributed by atoms with Crippen LogP contribution in [0, 0.1) is 5.92 Å². The molecule has 1 atom stereocenters. The number of urea groups is 1. The van der Waals surface area contributed by atoms with Crippen molar-refractivity contribution in [1.82, 2.24) is 14.9 Å². The van der Waals surface area contributed by atoms with Gasteiger partial charge in [-0.3, -0.25) is 9.78 Å². The predicted molar refractivity (Wildman–Crippen MR) is 111 cm³/mol. The Labute approximate surface area is 169 Å². The molecular weight excluding hydrogens is 364 g/mol. The molecular formula is C23H22N4O2. The molecule has 3 heterocycles. The van der Waals surface area contributed by atoms with Crippen LogP contribution < -0.4 is 4.90 Å². The van der Waals surface area contributed by atoms with Crippen LogP contribution in [0.5, 0.6) is 0 Å². The quantitative estimate of drug-likeness (QED) is 0.618. The van der Waals surface area contributed by atoms with Crippen LogP contribution >= 0.6 is 0 Å². The minimum Gasteiger partial charge on any atom is -0.307 e. The summed E-state index contributed by atoms with van der Waals surface area (Å²) in [7, 11) is 0. The average molecular weight is 386 g/mol. The molecule has 29 heavy (non-hydrogen) atoms. The number of nitrogens with zero attached hydrogens (tertiary/aromatic N) is 4. The van der Waals surface area contributed by atoms with Crippen molar-refractivity contribution in [2.45, 2.75) is 26.4 Å². The number of aromatic nitrogens is 2. The number of benzene rings is 1. The summed E-state index contributed by atoms with van der Waals surface area (Å²) in [4.78, 5) is 37.5. The number of carbonyl (C=O) groups is 2. The molecule has 4 rings (SSSR count). The van der Waals surface area contributed by atoms with Gasteiger partial charge in [0, 0.05) is 30.7 Å². The van der Waals surface area contributed by atoms with Gasteiger partial charge in [0.05, 0.1) is 0 Å². The summed E-state index contributed by atoms with van der Waals surface area (Å²) in [6, 6.07) is 16.3. The zero-order valence-electron chi connectivity index (χ0n) is 16.4. The summed E-state index contributed by atoms with van der Waals surface area (Å²) < 4.78 is 0. The summed E-state index contributed by atoms with van der Waals surface area (Å²) in [5.41, 5.74) is 2.90. The van der Waals surface area contributed by atoms with E-state index in [2.05, 4.69) is 9.97 Å². The van der Waals surface area contributed by atoms with Crippen LogP contribution in [0.1, 0.15) is 19.4 Å². The Bertz CT molecular complexity index is 1000. The Morgan fingerprint density at radius 3 is 2.28 bits per heavy atom. The molecule has 146 valence electrons. The van der Waals surface area contributed by atoms with Crippen molar-refractivity contribution in [1.29, 1.82) is 0 Å². The molecule has 0 N–H and O–H groups in total. The monoisotopic (exact) mass is 386 g/mol. The molecule has 0 spiro atoms. The third kappa shape index (κ3) is 3.61. The smallest absolute Gasteiger partial charge is 0.307 e. The number of hydrogen-bond donors (Lipinski definition) is 0. The largest absolute Gasteiger partial charge is 0.333 e. The molecule has 3 amide bonds. The first-order chi connectivity index (χ1) is 14.1. The fraction of sp³-hybridized carbons (Fsp3) is 0.217. The van der Waals surface area contributed by atoms with Crippen molar-refractivity contribution in [2.75, 3.05) is 4.90 Å². The molecule has 1 unspecified atom stereocenters. The first kappa shape index (κ1) is 18.8. The van der Waals surface area contributed by atoms with Gasteiger partial charge in [0.15, 0.2) is 0 Å². The number of rotatable bonds is 5. The summed E-state index contributed by atoms with van der Waals surface area (Å²) in [6.45, 7) is 4.25. The summed E-state index contributed by atoms with van der Waals surface area (Å²) in [6.07, 6.45) is 5.06. The Balaban J connectivity index is 1.63. The lowest BCUT2D eigenvalue weighted by atomic mass is 10.0. The minimum atomic E-state index is -0.522. The molecule has 0 saturated carbocycles. The van der Waals surface area contributed by atoms with Crippen LogP contribution in [-0.4, -0.2) is 32.8 Å². The topological polar surface area (TPSA) is 66.4 Å². The van der Waals surface area contributed by atoms with Crippen molar-refractivity contribution >= 4 is 17.8 Å². The molecule has 1 aliphatic rings. The van der Waals surface area contributed by atoms with E-state index in [1.54, 1.807) is 29.6 Å². The van der Waals surface area contributed by atoms with E-state index >= 15 is 0 Å². The fourth-order valence-electron chi connectivity index (χ4n) is 3.63. The average Bonchev–Trinajstić information content (AvgIpc) is 2.99. The molecule has 0 bridgehead atoms. The van der Waals surface area contributed by atoms with Crippen molar-refractivity contribution in [3.63, 3.8) is 0 Å². The highest BCUT2D eigenvalue weighted by molar-refractivity contribution is 6.20. The van der Waals surface area contributed by atoms with E-state index in [0.29, 0.717) is 12.4 Å². The fourth-order valence-corrected chi connectivity index (χ4v) is 3.63. The molecule has 6 nitrogen and oxygen atoms in total. The van der Waals surface area contributed by atoms with Crippen molar-refractivity contribution in [2.24, 2.45) is 5.92 Å². The second kappa shape index (κ2) is 7.83. The molecule has 1 aromatic carbocycles. The van der Waals surface area contributed by atoms with E-state index in [0.717, 1.165) is 16.7 Å². The maximum Gasteiger partial charge on any atom is 0.333 e. The number of imide groups is 1. The standard InChI is InChI=1S/C23H22N4O2/c1-16(2)21-22(28)27(23(29)26(21)15-17-10-12-24-13-11-17)20-9-8-19(14-25-20)18-6-4-3-5-7-18/h3-14,16,21H,15H2,1-2H3. The van der Waals surface area contributed by atoms with Crippen LogP contribution in [0.3, 0.4) is 0 Å². The normalized spacial score (nSPS) is 16.7. The third-order valence-corrected chi connectivity index (χ3v) is 5.06. The highest BCUT2D eigenvalue weighted by Gasteiger charge is 2.47. The summed E-state index contributed by atoms with van der Waals surface area (Å²) in [5, 5.41) is 0. The van der Waals surface area contributed by atoms with Gasteiger partial charge < -0.3 is 4.90 Å². The number of carbonyl (C=O) groups excluding carboxylic acids is 2. The lowest BCUT2D eigenvalue weighted by Gasteiger charge is -2.24. The van der Waals surface area contributed by atoms with Gasteiger partial charge in [-0.2, -0.15) is 0 Å². The molecule has 1 fully saturated rings. The predicted octanol–water partition coefficient (Wildman–Crippen LogP) is 4.14. The van der Waals surface area contributed by atoms with Gasteiger partial charge >= 0.3 is 6.03 Å². The van der Waals surface area contributed by atoms with Crippen molar-refractivity contribution < 1.29 is 9.59 Å². The number of pyridine rings is 2. The zero-order chi connectivity index (χ0) is 20.4. The minimum absolute atomic E-state index is 0.0121. The molecule has 0 aliphatic carbocycles. The van der Waals surface area contributed by atoms with E-state index in [-0.39, 0.29) is 17.9 Å². The molecule has 1 saturated heterocycles. The highest BCUT2D eigenvalue weighted by atomic mass is 16.2. The van der Waals surface area contributed by atoms with E-state index in [9.17, 15) is 9.59 Å². The lowest BCUT2D eigenvalue weighted by molar-refractivity contribution is -0.120. The first-order valence-electron chi connectivity index (χ1n) is 9.61. The number of hydrogen-bond acceptors (Lipinski definition) is 4. The van der Waals surface area contributed by atoms with Gasteiger partial charge in [0.2, 0.25) is 0 Å². The van der Waals surface area contributed by atoms with Gasteiger partial charge in [0.1, 0.15) is 11.9 Å². The molecule has 3 aromatic rings. The van der Waals surface area contributed by atoms with Gasteiger partial charge in [-0.1, -0.05) is 44.2 Å². The third-order valence-electron chi connectivity index (χ3n) is 5.06. The first-order valence-corrected chi connectivity index (χ1v) is 9.61. The molecule has 6 heteroatoms. The lowest BCUT2D eigenvalue weighted by Crippen LogP contribution is -2.38. The number of amides is 3. The Morgan fingerprint density at radius 1 is 0.931 bits per heavy atom. The van der Waals surface area contributed by atoms with Gasteiger partial charge in [-0.25, -0.2) is 14.7 Å². The second-order valence-corrected chi connectivity index (χ2v) is 7.40. The molecule has 2 aromatic heterocycles. The van der Waals surface area contributed by atoms with E-state index < -0.39 is 6.04 Å². The van der Waals surface area contributed by atoms with Crippen molar-refractivity contribution in [3.8, 4) is 11.1 Å². The van der Waals surface area contributed by atoms with Gasteiger partial charge in [-0.15, -0.1) is 0 Å². The van der Waals surface area contributed by atoms with Gasteiger partial charge in [0.25, 0.3) is 5.91 Å². The number of anilines is 1. The van der Waals surface area contributed by atoms with E-state index in [1.807, 2.05) is 62.4 Å². The van der Waals surface area contributed by atoms with Crippen LogP contribution in [0.2, 0.25) is 0 Å². The van der Waals surface area contributed by atoms with Gasteiger partial charge in [-0.05, 0) is 41.3 Å². The summed E-state index contributed by atoms with van der Waals surface area (Å²) in [5.74, 6) is 0.100. The second-order valence-electron chi connectivity index (χ2n) is 7.40. The Hall–Kier alpha value is -3.54. The molecule has 0 radical (unpaired) electrons. The summed E-state index contributed by atoms with van der Waals surface area (Å²) >= 11 is 0. The van der Waals surface area contributed by atoms with Crippen LogP contribution in [-0.2, 0) is 11.3 Å². The van der Waals surface area contributed by atoms with Crippen LogP contribution in [0.15, 0.2) is 73.2 Å². The Morgan fingerprint density at radius 2 is 1.66 bits per heavy atom.